The van der Waals surface area contributed by atoms with E-state index in [1.165, 1.54) is 52.2 Å². The fourth-order valence-corrected chi connectivity index (χ4v) is 8.74. The lowest BCUT2D eigenvalue weighted by atomic mass is 9.75. The quantitative estimate of drug-likeness (QED) is 0.548. The smallest absolute Gasteiger partial charge is 0.305 e. The summed E-state index contributed by atoms with van der Waals surface area (Å²) in [5.74, 6) is 3.53. The summed E-state index contributed by atoms with van der Waals surface area (Å²) < 4.78 is 6.03. The number of hydrogen-bond donors (Lipinski definition) is 1. The van der Waals surface area contributed by atoms with Crippen molar-refractivity contribution in [2.75, 3.05) is 0 Å². The summed E-state index contributed by atoms with van der Waals surface area (Å²) in [5.41, 5.74) is 3.77. The average molecular weight is 436 g/mol. The first-order chi connectivity index (χ1) is 14.7. The minimum atomic E-state index is 0.0860. The van der Waals surface area contributed by atoms with E-state index in [0.717, 1.165) is 22.6 Å². The molecule has 3 nitrogen and oxygen atoms in total. The van der Waals surface area contributed by atoms with Gasteiger partial charge in [-0.15, -0.1) is 11.8 Å². The van der Waals surface area contributed by atoms with Crippen molar-refractivity contribution in [2.45, 2.75) is 49.0 Å². The van der Waals surface area contributed by atoms with Crippen LogP contribution in [0.3, 0.4) is 0 Å². The molecule has 30 heavy (non-hydrogen) atoms. The number of H-pyrrole nitrogens is 1. The molecular weight excluding hydrogens is 410 g/mol. The molecule has 2 aromatic carbocycles. The number of hydrogen-bond acceptors (Lipinski definition) is 4. The Bertz CT molecular complexity index is 1120. The molecule has 6 rings (SSSR count). The zero-order chi connectivity index (χ0) is 20.2. The highest BCUT2D eigenvalue weighted by Gasteiger charge is 2.54. The molecule has 0 saturated heterocycles. The number of aromatic nitrogens is 1. The first kappa shape index (κ1) is 18.8. The molecule has 0 spiro atoms. The van der Waals surface area contributed by atoms with Crippen molar-refractivity contribution in [2.24, 2.45) is 17.8 Å². The van der Waals surface area contributed by atoms with Gasteiger partial charge in [0.15, 0.2) is 0 Å². The molecule has 2 bridgehead atoms. The van der Waals surface area contributed by atoms with E-state index < -0.39 is 0 Å². The van der Waals surface area contributed by atoms with Crippen molar-refractivity contribution < 1.29 is 4.74 Å². The summed E-state index contributed by atoms with van der Waals surface area (Å²) in [5, 5.41) is 1.78. The van der Waals surface area contributed by atoms with Crippen LogP contribution in [0.4, 0.5) is 0 Å². The second-order valence-corrected chi connectivity index (χ2v) is 11.2. The lowest BCUT2D eigenvalue weighted by Crippen LogP contribution is -2.33. The molecule has 2 heterocycles. The van der Waals surface area contributed by atoms with Gasteiger partial charge in [-0.2, -0.15) is 0 Å². The third kappa shape index (κ3) is 3.14. The zero-order valence-electron chi connectivity index (χ0n) is 17.0. The maximum absolute atomic E-state index is 12.2. The molecule has 2 aliphatic carbocycles. The molecule has 3 aromatic rings. The van der Waals surface area contributed by atoms with Gasteiger partial charge in [0, 0.05) is 16.0 Å². The largest absolute Gasteiger partial charge is 0.489 e. The highest BCUT2D eigenvalue weighted by Crippen LogP contribution is 2.63. The van der Waals surface area contributed by atoms with E-state index in [1.54, 1.807) is 0 Å². The average Bonchev–Trinajstić information content (AvgIpc) is 3.46. The van der Waals surface area contributed by atoms with E-state index >= 15 is 0 Å². The van der Waals surface area contributed by atoms with Crippen LogP contribution in [0.25, 0.3) is 0 Å². The monoisotopic (exact) mass is 435 g/mol. The van der Waals surface area contributed by atoms with Gasteiger partial charge in [-0.25, -0.2) is 0 Å². The molecule has 1 aliphatic heterocycles. The Morgan fingerprint density at radius 2 is 1.80 bits per heavy atom. The number of thiazole rings is 1. The molecule has 3 aliphatic rings. The standard InChI is InChI=1S/C25H25NO2S2/c1-14-2-4-15(5-3-14)13-28-19-10-8-16(9-11-19)20-21-17-6-7-18(12-17)22(21)29-24-23(20)30-25(27)26-24/h2-5,8-11,17-18,20-22H,6-7,12-13H2,1H3,(H,26,27)/t17?,18?,20-,21?,22?/m1/s1. The molecule has 0 amide bonds. The number of benzene rings is 2. The lowest BCUT2D eigenvalue weighted by Gasteiger charge is -2.40. The Labute approximate surface area is 184 Å². The van der Waals surface area contributed by atoms with Crippen molar-refractivity contribution in [3.8, 4) is 5.75 Å². The highest BCUT2D eigenvalue weighted by atomic mass is 32.2. The van der Waals surface area contributed by atoms with E-state index in [-0.39, 0.29) is 4.87 Å². The van der Waals surface area contributed by atoms with Gasteiger partial charge < -0.3 is 9.72 Å². The van der Waals surface area contributed by atoms with Gasteiger partial charge in [0.05, 0.1) is 5.03 Å². The molecule has 0 radical (unpaired) electrons. The van der Waals surface area contributed by atoms with Crippen LogP contribution < -0.4 is 9.61 Å². The summed E-state index contributed by atoms with van der Waals surface area (Å²) >= 11 is 3.37. The van der Waals surface area contributed by atoms with Crippen molar-refractivity contribution in [1.29, 1.82) is 0 Å². The van der Waals surface area contributed by atoms with Crippen molar-refractivity contribution in [1.82, 2.24) is 4.98 Å². The van der Waals surface area contributed by atoms with Crippen LogP contribution in [0.15, 0.2) is 58.4 Å². The Kier molecular flexibility index (Phi) is 4.57. The molecule has 2 saturated carbocycles. The number of thioether (sulfide) groups is 1. The predicted octanol–water partition coefficient (Wildman–Crippen LogP) is 5.98. The van der Waals surface area contributed by atoms with Crippen LogP contribution in [-0.2, 0) is 6.61 Å². The van der Waals surface area contributed by atoms with E-state index in [9.17, 15) is 4.79 Å². The summed E-state index contributed by atoms with van der Waals surface area (Å²) in [6.45, 7) is 2.68. The van der Waals surface area contributed by atoms with Crippen LogP contribution in [0.5, 0.6) is 5.75 Å². The number of aryl methyl sites for hydroxylation is 1. The molecule has 5 atom stereocenters. The Hall–Kier alpha value is -1.98. The van der Waals surface area contributed by atoms with E-state index in [1.807, 2.05) is 11.8 Å². The van der Waals surface area contributed by atoms with Crippen LogP contribution in [-0.4, -0.2) is 10.2 Å². The minimum absolute atomic E-state index is 0.0860. The Balaban J connectivity index is 1.27. The SMILES string of the molecule is Cc1ccc(COc2ccc([C@H]3c4sc(=O)[nH]c4SC4C5CCC(C5)C43)cc2)cc1. The van der Waals surface area contributed by atoms with Crippen molar-refractivity contribution >= 4 is 23.1 Å². The summed E-state index contributed by atoms with van der Waals surface area (Å²) in [4.78, 5) is 16.6. The van der Waals surface area contributed by atoms with Crippen LogP contribution in [0.1, 0.15) is 46.7 Å². The van der Waals surface area contributed by atoms with E-state index in [0.29, 0.717) is 23.7 Å². The van der Waals surface area contributed by atoms with Gasteiger partial charge in [0.1, 0.15) is 12.4 Å². The normalized spacial score (nSPS) is 28.9. The third-order valence-electron chi connectivity index (χ3n) is 7.23. The lowest BCUT2D eigenvalue weighted by molar-refractivity contribution is 0.302. The van der Waals surface area contributed by atoms with E-state index in [2.05, 4.69) is 60.4 Å². The maximum Gasteiger partial charge on any atom is 0.305 e. The number of nitrogens with one attached hydrogen (secondary N) is 1. The highest BCUT2D eigenvalue weighted by molar-refractivity contribution is 8.00. The van der Waals surface area contributed by atoms with Crippen LogP contribution in [0, 0.1) is 24.7 Å². The molecule has 4 unspecified atom stereocenters. The summed E-state index contributed by atoms with van der Waals surface area (Å²) in [6.07, 6.45) is 4.09. The van der Waals surface area contributed by atoms with Gasteiger partial charge in [0.2, 0.25) is 0 Å². The second-order valence-electron chi connectivity index (χ2n) is 9.02. The fourth-order valence-electron chi connectivity index (χ4n) is 5.84. The molecule has 154 valence electrons. The van der Waals surface area contributed by atoms with Gasteiger partial charge in [-0.05, 0) is 67.2 Å². The van der Waals surface area contributed by atoms with Gasteiger partial charge >= 0.3 is 4.87 Å². The van der Waals surface area contributed by atoms with Gasteiger partial charge in [-0.3, -0.25) is 4.79 Å². The second kappa shape index (κ2) is 7.31. The Morgan fingerprint density at radius 3 is 2.60 bits per heavy atom. The first-order valence-electron chi connectivity index (χ1n) is 10.8. The van der Waals surface area contributed by atoms with Crippen LogP contribution in [0.2, 0.25) is 0 Å². The molecule has 5 heteroatoms. The molecule has 1 aromatic heterocycles. The molecule has 2 fully saturated rings. The topological polar surface area (TPSA) is 42.1 Å². The number of ether oxygens (including phenoxy) is 1. The number of fused-ring (bicyclic) bond motifs is 6. The minimum Gasteiger partial charge on any atom is -0.489 e. The van der Waals surface area contributed by atoms with Crippen LogP contribution >= 0.6 is 23.1 Å². The molecule has 1 N–H and O–H groups in total. The fraction of sp³-hybridized carbons (Fsp3) is 0.400. The Morgan fingerprint density at radius 1 is 1.03 bits per heavy atom. The van der Waals surface area contributed by atoms with Crippen molar-refractivity contribution in [3.05, 3.63) is 79.8 Å². The van der Waals surface area contributed by atoms with Crippen molar-refractivity contribution in [3.63, 3.8) is 0 Å². The number of aromatic amines is 1. The summed E-state index contributed by atoms with van der Waals surface area (Å²) in [7, 11) is 0. The van der Waals surface area contributed by atoms with Gasteiger partial charge in [0.25, 0.3) is 0 Å². The zero-order valence-corrected chi connectivity index (χ0v) is 18.6. The summed E-state index contributed by atoms with van der Waals surface area (Å²) in [6, 6.07) is 17.1. The maximum atomic E-state index is 12.2. The number of rotatable bonds is 4. The van der Waals surface area contributed by atoms with Gasteiger partial charge in [-0.1, -0.05) is 53.3 Å². The first-order valence-corrected chi connectivity index (χ1v) is 12.5. The third-order valence-corrected chi connectivity index (χ3v) is 9.85. The molecular formula is C25H25NO2S2. The predicted molar refractivity (Wildman–Crippen MR) is 123 cm³/mol. The van der Waals surface area contributed by atoms with E-state index in [4.69, 9.17) is 4.74 Å².